The summed E-state index contributed by atoms with van der Waals surface area (Å²) in [6.45, 7) is 3.28. The van der Waals surface area contributed by atoms with Crippen LogP contribution in [0.1, 0.15) is 28.4 Å². The molecule has 1 atom stereocenters. The maximum atomic E-state index is 13.0. The number of ketones is 1. The van der Waals surface area contributed by atoms with Crippen molar-refractivity contribution in [3.05, 3.63) is 78.4 Å². The first-order valence-electron chi connectivity index (χ1n) is 8.95. The number of aryl methyl sites for hydroxylation is 1. The fraction of sp³-hybridized carbons (Fsp3) is 0.286. The number of benzene rings is 2. The van der Waals surface area contributed by atoms with Crippen LogP contribution in [-0.2, 0) is 4.74 Å². The van der Waals surface area contributed by atoms with E-state index in [1.165, 1.54) is 6.33 Å². The third kappa shape index (κ3) is 5.24. The summed E-state index contributed by atoms with van der Waals surface area (Å²) in [5, 5.41) is 4.15. The number of nitrogens with zero attached hydrogens (tertiary/aromatic N) is 3. The van der Waals surface area contributed by atoms with Crippen LogP contribution in [0.5, 0.6) is 5.75 Å². The van der Waals surface area contributed by atoms with Gasteiger partial charge in [-0.3, -0.25) is 4.79 Å². The molecule has 0 aliphatic carbocycles. The number of carbonyl (C=O) groups is 1. The molecule has 3 aromatic rings. The molecule has 6 heteroatoms. The molecule has 2 aromatic carbocycles. The van der Waals surface area contributed by atoms with Crippen LogP contribution in [0.4, 0.5) is 0 Å². The Balaban J connectivity index is 1.52. The van der Waals surface area contributed by atoms with E-state index in [1.54, 1.807) is 11.0 Å². The summed E-state index contributed by atoms with van der Waals surface area (Å²) >= 11 is 0. The third-order valence-electron chi connectivity index (χ3n) is 4.24. The molecular weight excluding hydrogens is 342 g/mol. The molecule has 1 aromatic heterocycles. The van der Waals surface area contributed by atoms with Crippen molar-refractivity contribution < 1.29 is 14.3 Å². The van der Waals surface area contributed by atoms with E-state index < -0.39 is 6.04 Å². The molecule has 0 fully saturated rings. The van der Waals surface area contributed by atoms with Crippen molar-refractivity contribution in [3.63, 3.8) is 0 Å². The summed E-state index contributed by atoms with van der Waals surface area (Å²) < 4.78 is 12.9. The van der Waals surface area contributed by atoms with Crippen molar-refractivity contribution in [2.75, 3.05) is 19.8 Å². The van der Waals surface area contributed by atoms with E-state index in [-0.39, 0.29) is 5.78 Å². The van der Waals surface area contributed by atoms with E-state index in [0.29, 0.717) is 31.8 Å². The fourth-order valence-electron chi connectivity index (χ4n) is 2.82. The van der Waals surface area contributed by atoms with Gasteiger partial charge in [-0.2, -0.15) is 5.10 Å². The van der Waals surface area contributed by atoms with E-state index in [2.05, 4.69) is 10.1 Å². The predicted molar refractivity (Wildman–Crippen MR) is 102 cm³/mol. The van der Waals surface area contributed by atoms with E-state index in [4.69, 9.17) is 9.47 Å². The number of para-hydroxylation sites is 1. The van der Waals surface area contributed by atoms with Crippen LogP contribution < -0.4 is 4.74 Å². The highest BCUT2D eigenvalue weighted by atomic mass is 16.5. The largest absolute Gasteiger partial charge is 0.491 e. The highest BCUT2D eigenvalue weighted by Gasteiger charge is 2.23. The minimum atomic E-state index is -0.441. The van der Waals surface area contributed by atoms with Gasteiger partial charge in [-0.1, -0.05) is 42.5 Å². The molecule has 0 aliphatic heterocycles. The minimum Gasteiger partial charge on any atom is -0.491 e. The SMILES string of the molecule is Cc1ccccc1C(=O)C(CCOCCOc1ccccc1)n1cncn1. The average Bonchev–Trinajstić information content (AvgIpc) is 3.22. The van der Waals surface area contributed by atoms with E-state index in [9.17, 15) is 4.79 Å². The first-order valence-corrected chi connectivity index (χ1v) is 8.95. The molecule has 6 nitrogen and oxygen atoms in total. The van der Waals surface area contributed by atoms with Crippen molar-refractivity contribution in [1.29, 1.82) is 0 Å². The third-order valence-corrected chi connectivity index (χ3v) is 4.24. The highest BCUT2D eigenvalue weighted by Crippen LogP contribution is 2.20. The Labute approximate surface area is 158 Å². The molecule has 0 spiro atoms. The summed E-state index contributed by atoms with van der Waals surface area (Å²) in [6, 6.07) is 16.7. The Morgan fingerprint density at radius 1 is 1.04 bits per heavy atom. The minimum absolute atomic E-state index is 0.0164. The number of rotatable bonds is 10. The maximum Gasteiger partial charge on any atom is 0.187 e. The van der Waals surface area contributed by atoms with Gasteiger partial charge in [0.1, 0.15) is 31.1 Å². The number of Topliss-reactive ketones (excluding diaryl/α,β-unsaturated/α-hetero) is 1. The van der Waals surface area contributed by atoms with Crippen LogP contribution in [0.3, 0.4) is 0 Å². The zero-order valence-corrected chi connectivity index (χ0v) is 15.3. The second kappa shape index (κ2) is 9.64. The quantitative estimate of drug-likeness (QED) is 0.406. The fourth-order valence-corrected chi connectivity index (χ4v) is 2.82. The van der Waals surface area contributed by atoms with Gasteiger partial charge in [-0.05, 0) is 24.6 Å². The molecule has 27 heavy (non-hydrogen) atoms. The van der Waals surface area contributed by atoms with Gasteiger partial charge in [-0.25, -0.2) is 9.67 Å². The average molecular weight is 365 g/mol. The molecule has 0 radical (unpaired) electrons. The van der Waals surface area contributed by atoms with Gasteiger partial charge < -0.3 is 9.47 Å². The van der Waals surface area contributed by atoms with Crippen molar-refractivity contribution in [2.24, 2.45) is 0 Å². The summed E-state index contributed by atoms with van der Waals surface area (Å²) in [5.74, 6) is 0.832. The molecule has 1 heterocycles. The smallest absolute Gasteiger partial charge is 0.187 e. The molecule has 0 saturated carbocycles. The van der Waals surface area contributed by atoms with Crippen LogP contribution in [0.2, 0.25) is 0 Å². The van der Waals surface area contributed by atoms with Crippen molar-refractivity contribution >= 4 is 5.78 Å². The molecule has 0 amide bonds. The number of hydrogen-bond acceptors (Lipinski definition) is 5. The lowest BCUT2D eigenvalue weighted by atomic mass is 9.98. The van der Waals surface area contributed by atoms with Crippen molar-refractivity contribution in [1.82, 2.24) is 14.8 Å². The van der Waals surface area contributed by atoms with Gasteiger partial charge in [0.2, 0.25) is 0 Å². The van der Waals surface area contributed by atoms with Crippen LogP contribution in [0, 0.1) is 6.92 Å². The molecule has 0 bridgehead atoms. The normalized spacial score (nSPS) is 11.9. The molecule has 140 valence electrons. The molecular formula is C21H23N3O3. The van der Waals surface area contributed by atoms with Gasteiger partial charge >= 0.3 is 0 Å². The number of ether oxygens (including phenoxy) is 2. The summed E-state index contributed by atoms with van der Waals surface area (Å²) in [6.07, 6.45) is 3.52. The number of aromatic nitrogens is 3. The van der Waals surface area contributed by atoms with Crippen LogP contribution in [0.15, 0.2) is 67.3 Å². The molecule has 1 unspecified atom stereocenters. The lowest BCUT2D eigenvalue weighted by Crippen LogP contribution is -2.23. The van der Waals surface area contributed by atoms with Gasteiger partial charge in [0.25, 0.3) is 0 Å². The van der Waals surface area contributed by atoms with E-state index >= 15 is 0 Å². The monoisotopic (exact) mass is 365 g/mol. The molecule has 0 saturated heterocycles. The van der Waals surface area contributed by atoms with E-state index in [0.717, 1.165) is 11.3 Å². The zero-order valence-electron chi connectivity index (χ0n) is 15.3. The Bertz CT molecular complexity index is 835. The second-order valence-corrected chi connectivity index (χ2v) is 6.13. The van der Waals surface area contributed by atoms with Gasteiger partial charge in [-0.15, -0.1) is 0 Å². The zero-order chi connectivity index (χ0) is 18.9. The maximum absolute atomic E-state index is 13.0. The summed E-state index contributed by atoms with van der Waals surface area (Å²) in [5.41, 5.74) is 1.65. The molecule has 3 rings (SSSR count). The van der Waals surface area contributed by atoms with Crippen LogP contribution in [-0.4, -0.2) is 40.4 Å². The number of hydrogen-bond donors (Lipinski definition) is 0. The first kappa shape index (κ1) is 18.8. The molecule has 0 aliphatic rings. The number of carbonyl (C=O) groups excluding carboxylic acids is 1. The van der Waals surface area contributed by atoms with E-state index in [1.807, 2.05) is 61.5 Å². The summed E-state index contributed by atoms with van der Waals surface area (Å²) in [7, 11) is 0. The standard InChI is InChI=1S/C21H23N3O3/c1-17-7-5-6-10-19(17)21(25)20(24-16-22-15-23-24)11-12-26-13-14-27-18-8-3-2-4-9-18/h2-10,15-16,20H,11-14H2,1H3. The Morgan fingerprint density at radius 3 is 2.56 bits per heavy atom. The van der Waals surface area contributed by atoms with Crippen molar-refractivity contribution in [2.45, 2.75) is 19.4 Å². The summed E-state index contributed by atoms with van der Waals surface area (Å²) in [4.78, 5) is 17.0. The predicted octanol–water partition coefficient (Wildman–Crippen LogP) is 3.50. The Hall–Kier alpha value is -2.99. The topological polar surface area (TPSA) is 66.2 Å². The van der Waals surface area contributed by atoms with Crippen molar-refractivity contribution in [3.8, 4) is 5.75 Å². The lowest BCUT2D eigenvalue weighted by Gasteiger charge is -2.17. The second-order valence-electron chi connectivity index (χ2n) is 6.13. The van der Waals surface area contributed by atoms with Gasteiger partial charge in [0.15, 0.2) is 5.78 Å². The van der Waals surface area contributed by atoms with Crippen LogP contribution in [0.25, 0.3) is 0 Å². The molecule has 0 N–H and O–H groups in total. The highest BCUT2D eigenvalue weighted by molar-refractivity contribution is 6.00. The van der Waals surface area contributed by atoms with Gasteiger partial charge in [0, 0.05) is 18.6 Å². The van der Waals surface area contributed by atoms with Crippen LogP contribution >= 0.6 is 0 Å². The Morgan fingerprint density at radius 2 is 1.81 bits per heavy atom. The Kier molecular flexibility index (Phi) is 6.71. The first-order chi connectivity index (χ1) is 13.3. The lowest BCUT2D eigenvalue weighted by molar-refractivity contribution is 0.0761. The van der Waals surface area contributed by atoms with Gasteiger partial charge in [0.05, 0.1) is 6.61 Å².